The van der Waals surface area contributed by atoms with Gasteiger partial charge in [0, 0.05) is 24.9 Å². The molecule has 0 unspecified atom stereocenters. The first-order chi connectivity index (χ1) is 8.70. The lowest BCUT2D eigenvalue weighted by Crippen LogP contribution is -2.05. The number of aryl methyl sites for hydroxylation is 1. The van der Waals surface area contributed by atoms with E-state index >= 15 is 0 Å². The van der Waals surface area contributed by atoms with E-state index < -0.39 is 4.92 Å². The molecule has 0 atom stereocenters. The number of aromatic nitrogens is 2. The summed E-state index contributed by atoms with van der Waals surface area (Å²) in [6, 6.07) is 7.91. The van der Waals surface area contributed by atoms with Gasteiger partial charge in [-0.2, -0.15) is 5.10 Å². The van der Waals surface area contributed by atoms with Gasteiger partial charge >= 0.3 is 0 Å². The quantitative estimate of drug-likeness (QED) is 0.600. The molecular formula is C12H13N3O3. The molecule has 0 aliphatic heterocycles. The van der Waals surface area contributed by atoms with Gasteiger partial charge in [0.1, 0.15) is 12.4 Å². The van der Waals surface area contributed by atoms with Crippen LogP contribution in [0.4, 0.5) is 5.69 Å². The van der Waals surface area contributed by atoms with Gasteiger partial charge in [0.2, 0.25) is 0 Å². The molecule has 0 radical (unpaired) electrons. The van der Waals surface area contributed by atoms with E-state index in [0.29, 0.717) is 12.4 Å². The number of hydrogen-bond donors (Lipinski definition) is 0. The summed E-state index contributed by atoms with van der Waals surface area (Å²) in [6.45, 7) is 3.18. The molecule has 0 bridgehead atoms. The Kier molecular flexibility index (Phi) is 3.57. The molecule has 1 aromatic carbocycles. The van der Waals surface area contributed by atoms with E-state index in [1.807, 2.05) is 17.7 Å². The molecule has 0 aliphatic carbocycles. The molecule has 0 amide bonds. The molecule has 0 fully saturated rings. The fourth-order valence-electron chi connectivity index (χ4n) is 1.59. The van der Waals surface area contributed by atoms with Crippen LogP contribution >= 0.6 is 0 Å². The first-order valence-electron chi connectivity index (χ1n) is 5.58. The van der Waals surface area contributed by atoms with Gasteiger partial charge in [-0.3, -0.25) is 14.8 Å². The van der Waals surface area contributed by atoms with Gasteiger partial charge in [-0.1, -0.05) is 0 Å². The standard InChI is InChI=1S/C12H13N3O3/c1-2-14-11(7-8-13-14)9-18-12-5-3-10(4-6-12)15(16)17/h3-8H,2,9H2,1H3. The Labute approximate surface area is 104 Å². The average molecular weight is 247 g/mol. The van der Waals surface area contributed by atoms with Crippen molar-refractivity contribution in [2.24, 2.45) is 0 Å². The summed E-state index contributed by atoms with van der Waals surface area (Å²) in [5.74, 6) is 0.601. The zero-order valence-electron chi connectivity index (χ0n) is 9.94. The van der Waals surface area contributed by atoms with Crippen molar-refractivity contribution in [1.29, 1.82) is 0 Å². The van der Waals surface area contributed by atoms with Crippen molar-refractivity contribution in [3.8, 4) is 5.75 Å². The lowest BCUT2D eigenvalue weighted by molar-refractivity contribution is -0.384. The van der Waals surface area contributed by atoms with Crippen molar-refractivity contribution in [3.63, 3.8) is 0 Å². The largest absolute Gasteiger partial charge is 0.487 e. The average Bonchev–Trinajstić information content (AvgIpc) is 2.84. The van der Waals surface area contributed by atoms with Crippen LogP contribution in [0.15, 0.2) is 36.5 Å². The van der Waals surface area contributed by atoms with Crippen LogP contribution in [0, 0.1) is 10.1 Å². The lowest BCUT2D eigenvalue weighted by Gasteiger charge is -2.07. The van der Waals surface area contributed by atoms with E-state index in [0.717, 1.165) is 12.2 Å². The minimum atomic E-state index is -0.435. The van der Waals surface area contributed by atoms with Crippen molar-refractivity contribution >= 4 is 5.69 Å². The summed E-state index contributed by atoms with van der Waals surface area (Å²) in [6.07, 6.45) is 1.72. The van der Waals surface area contributed by atoms with E-state index in [1.54, 1.807) is 18.3 Å². The predicted octanol–water partition coefficient (Wildman–Crippen LogP) is 2.39. The molecule has 0 aliphatic rings. The Morgan fingerprint density at radius 3 is 2.67 bits per heavy atom. The van der Waals surface area contributed by atoms with Crippen LogP contribution < -0.4 is 4.74 Å². The monoisotopic (exact) mass is 247 g/mol. The molecule has 1 heterocycles. The zero-order chi connectivity index (χ0) is 13.0. The highest BCUT2D eigenvalue weighted by Gasteiger charge is 2.05. The fraction of sp³-hybridized carbons (Fsp3) is 0.250. The van der Waals surface area contributed by atoms with Gasteiger partial charge < -0.3 is 4.74 Å². The molecular weight excluding hydrogens is 234 g/mol. The van der Waals surface area contributed by atoms with E-state index in [2.05, 4.69) is 5.10 Å². The second-order valence-electron chi connectivity index (χ2n) is 3.68. The fourth-order valence-corrected chi connectivity index (χ4v) is 1.59. The van der Waals surface area contributed by atoms with Crippen molar-refractivity contribution < 1.29 is 9.66 Å². The van der Waals surface area contributed by atoms with Crippen molar-refractivity contribution in [2.75, 3.05) is 0 Å². The van der Waals surface area contributed by atoms with Gasteiger partial charge in [-0.05, 0) is 25.1 Å². The second-order valence-corrected chi connectivity index (χ2v) is 3.68. The van der Waals surface area contributed by atoms with E-state index in [9.17, 15) is 10.1 Å². The van der Waals surface area contributed by atoms with Crippen molar-refractivity contribution in [2.45, 2.75) is 20.1 Å². The number of rotatable bonds is 5. The first-order valence-corrected chi connectivity index (χ1v) is 5.58. The van der Waals surface area contributed by atoms with E-state index in [4.69, 9.17) is 4.74 Å². The SMILES string of the molecule is CCn1nccc1COc1ccc([N+](=O)[O-])cc1. The molecule has 0 spiro atoms. The molecule has 2 aromatic rings. The predicted molar refractivity (Wildman–Crippen MR) is 65.3 cm³/mol. The van der Waals surface area contributed by atoms with Gasteiger partial charge in [0.05, 0.1) is 10.6 Å². The minimum Gasteiger partial charge on any atom is -0.487 e. The molecule has 2 rings (SSSR count). The highest BCUT2D eigenvalue weighted by molar-refractivity contribution is 5.36. The van der Waals surface area contributed by atoms with Gasteiger partial charge in [-0.25, -0.2) is 0 Å². The Balaban J connectivity index is 2.00. The molecule has 6 heteroatoms. The molecule has 18 heavy (non-hydrogen) atoms. The van der Waals surface area contributed by atoms with Crippen LogP contribution in [0.25, 0.3) is 0 Å². The van der Waals surface area contributed by atoms with Crippen LogP contribution in [0.1, 0.15) is 12.6 Å². The van der Waals surface area contributed by atoms with Crippen LogP contribution in [-0.4, -0.2) is 14.7 Å². The molecule has 1 aromatic heterocycles. The maximum atomic E-state index is 10.5. The first kappa shape index (κ1) is 12.1. The normalized spacial score (nSPS) is 10.3. The number of ether oxygens (including phenoxy) is 1. The van der Waals surface area contributed by atoms with E-state index in [1.165, 1.54) is 12.1 Å². The summed E-state index contributed by atoms with van der Waals surface area (Å²) in [5.41, 5.74) is 1.02. The minimum absolute atomic E-state index is 0.0564. The molecule has 0 saturated carbocycles. The Bertz CT molecular complexity index is 534. The number of nitro groups is 1. The third kappa shape index (κ3) is 2.65. The second kappa shape index (κ2) is 5.31. The smallest absolute Gasteiger partial charge is 0.269 e. The third-order valence-electron chi connectivity index (χ3n) is 2.54. The Hall–Kier alpha value is -2.37. The molecule has 94 valence electrons. The lowest BCUT2D eigenvalue weighted by atomic mass is 10.3. The van der Waals surface area contributed by atoms with Crippen LogP contribution in [0.5, 0.6) is 5.75 Å². The maximum Gasteiger partial charge on any atom is 0.269 e. The number of benzene rings is 1. The summed E-state index contributed by atoms with van der Waals surface area (Å²) in [5, 5.41) is 14.6. The molecule has 0 N–H and O–H groups in total. The molecule has 6 nitrogen and oxygen atoms in total. The topological polar surface area (TPSA) is 70.2 Å². The summed E-state index contributed by atoms with van der Waals surface area (Å²) in [7, 11) is 0. The molecule has 0 saturated heterocycles. The Morgan fingerprint density at radius 1 is 1.33 bits per heavy atom. The Morgan fingerprint density at radius 2 is 2.06 bits per heavy atom. The van der Waals surface area contributed by atoms with Gasteiger partial charge in [0.25, 0.3) is 5.69 Å². The van der Waals surface area contributed by atoms with Gasteiger partial charge in [0.15, 0.2) is 0 Å². The number of hydrogen-bond acceptors (Lipinski definition) is 4. The van der Waals surface area contributed by atoms with Crippen LogP contribution in [-0.2, 0) is 13.2 Å². The van der Waals surface area contributed by atoms with E-state index in [-0.39, 0.29) is 5.69 Å². The zero-order valence-corrected chi connectivity index (χ0v) is 9.94. The van der Waals surface area contributed by atoms with Crippen LogP contribution in [0.2, 0.25) is 0 Å². The summed E-state index contributed by atoms with van der Waals surface area (Å²) >= 11 is 0. The summed E-state index contributed by atoms with van der Waals surface area (Å²) < 4.78 is 7.38. The van der Waals surface area contributed by atoms with Crippen LogP contribution in [0.3, 0.4) is 0 Å². The highest BCUT2D eigenvalue weighted by atomic mass is 16.6. The van der Waals surface area contributed by atoms with Crippen molar-refractivity contribution in [1.82, 2.24) is 9.78 Å². The van der Waals surface area contributed by atoms with Crippen molar-refractivity contribution in [3.05, 3.63) is 52.3 Å². The summed E-state index contributed by atoms with van der Waals surface area (Å²) in [4.78, 5) is 10.1. The van der Waals surface area contributed by atoms with Gasteiger partial charge in [-0.15, -0.1) is 0 Å². The number of nitro benzene ring substituents is 1. The third-order valence-corrected chi connectivity index (χ3v) is 2.54. The number of non-ortho nitro benzene ring substituents is 1. The maximum absolute atomic E-state index is 10.5. The highest BCUT2D eigenvalue weighted by Crippen LogP contribution is 2.18. The number of nitrogens with zero attached hydrogens (tertiary/aromatic N) is 3.